The number of aromatic nitrogens is 2. The highest BCUT2D eigenvalue weighted by atomic mass is 19.1. The lowest BCUT2D eigenvalue weighted by Crippen LogP contribution is -2.31. The molecule has 0 bridgehead atoms. The van der Waals surface area contributed by atoms with Crippen LogP contribution in [0.1, 0.15) is 41.2 Å². The molecule has 0 radical (unpaired) electrons. The van der Waals surface area contributed by atoms with Crippen LogP contribution in [0.2, 0.25) is 0 Å². The monoisotopic (exact) mass is 447 g/mol. The second-order valence-corrected chi connectivity index (χ2v) is 8.45. The number of aryl methyl sites for hydroxylation is 1. The van der Waals surface area contributed by atoms with Crippen molar-refractivity contribution in [2.75, 3.05) is 17.2 Å². The van der Waals surface area contributed by atoms with Crippen LogP contribution in [0.5, 0.6) is 0 Å². The molecule has 1 aliphatic heterocycles. The summed E-state index contributed by atoms with van der Waals surface area (Å²) < 4.78 is 15.5. The van der Waals surface area contributed by atoms with E-state index in [9.17, 15) is 9.59 Å². The molecule has 1 aliphatic rings. The fourth-order valence-corrected chi connectivity index (χ4v) is 4.02. The van der Waals surface area contributed by atoms with Crippen LogP contribution in [0.15, 0.2) is 42.6 Å². The number of nitrogens with zero attached hydrogens (tertiary/aromatic N) is 3. The molecule has 4 rings (SSSR count). The largest absolute Gasteiger partial charge is 0.383 e. The molecular formula is C25H26FN5O2. The van der Waals surface area contributed by atoms with Crippen LogP contribution in [0.3, 0.4) is 0 Å². The number of nitrogens with two attached hydrogens (primary N) is 1. The minimum atomic E-state index is -0.418. The molecule has 3 aromatic rings. The van der Waals surface area contributed by atoms with Crippen molar-refractivity contribution in [3.05, 3.63) is 70.9 Å². The number of nitrogens with one attached hydrogen (secondary N) is 1. The van der Waals surface area contributed by atoms with Gasteiger partial charge in [-0.25, -0.2) is 9.37 Å². The molecule has 0 spiro atoms. The zero-order valence-electron chi connectivity index (χ0n) is 18.9. The smallest absolute Gasteiger partial charge is 0.255 e. The number of fused-ring (bicyclic) bond motifs is 1. The highest BCUT2D eigenvalue weighted by molar-refractivity contribution is 6.00. The Morgan fingerprint density at radius 2 is 2.03 bits per heavy atom. The summed E-state index contributed by atoms with van der Waals surface area (Å²) in [5.74, 6) is -0.820. The van der Waals surface area contributed by atoms with Crippen LogP contribution in [0.4, 0.5) is 15.9 Å². The van der Waals surface area contributed by atoms with Gasteiger partial charge in [0.2, 0.25) is 5.91 Å². The van der Waals surface area contributed by atoms with E-state index < -0.39 is 5.82 Å². The normalized spacial score (nSPS) is 12.7. The second-order valence-electron chi connectivity index (χ2n) is 8.45. The van der Waals surface area contributed by atoms with Crippen molar-refractivity contribution in [3.63, 3.8) is 0 Å². The highest BCUT2D eigenvalue weighted by Gasteiger charge is 2.29. The Kier molecular flexibility index (Phi) is 6.09. The maximum atomic E-state index is 15.5. The first-order valence-corrected chi connectivity index (χ1v) is 10.9. The summed E-state index contributed by atoms with van der Waals surface area (Å²) >= 11 is 0. The van der Waals surface area contributed by atoms with Gasteiger partial charge in [0.25, 0.3) is 5.91 Å². The average molecular weight is 448 g/mol. The maximum absolute atomic E-state index is 15.5. The molecule has 0 aliphatic carbocycles. The predicted molar refractivity (Wildman–Crippen MR) is 125 cm³/mol. The van der Waals surface area contributed by atoms with Crippen molar-refractivity contribution in [2.24, 2.45) is 0 Å². The third-order valence-electron chi connectivity index (χ3n) is 5.57. The summed E-state index contributed by atoms with van der Waals surface area (Å²) in [6.45, 7) is 5.96. The third kappa shape index (κ3) is 4.55. The van der Waals surface area contributed by atoms with Crippen LogP contribution in [0, 0.1) is 12.7 Å². The fourth-order valence-electron chi connectivity index (χ4n) is 4.02. The zero-order chi connectivity index (χ0) is 23.7. The number of carbonyl (C=O) groups is 2. The van der Waals surface area contributed by atoms with Gasteiger partial charge in [0.15, 0.2) is 0 Å². The summed E-state index contributed by atoms with van der Waals surface area (Å²) in [5.41, 5.74) is 9.41. The Labute approximate surface area is 191 Å². The van der Waals surface area contributed by atoms with Crippen molar-refractivity contribution in [2.45, 2.75) is 39.7 Å². The molecule has 1 aromatic carbocycles. The number of hydrogen-bond donors (Lipinski definition) is 2. The van der Waals surface area contributed by atoms with Crippen molar-refractivity contribution >= 4 is 23.3 Å². The van der Waals surface area contributed by atoms with Gasteiger partial charge >= 0.3 is 0 Å². The Morgan fingerprint density at radius 1 is 1.24 bits per heavy atom. The van der Waals surface area contributed by atoms with Gasteiger partial charge in [-0.1, -0.05) is 6.07 Å². The molecule has 33 heavy (non-hydrogen) atoms. The molecule has 3 heterocycles. The molecule has 0 saturated carbocycles. The number of halogens is 1. The van der Waals surface area contributed by atoms with E-state index in [1.165, 1.54) is 6.20 Å². The number of hydrogen-bond acceptors (Lipinski definition) is 5. The second kappa shape index (κ2) is 8.97. The van der Waals surface area contributed by atoms with Crippen molar-refractivity contribution in [3.8, 4) is 11.1 Å². The van der Waals surface area contributed by atoms with E-state index in [4.69, 9.17) is 5.73 Å². The number of anilines is 2. The first kappa shape index (κ1) is 22.4. The molecule has 8 heteroatoms. The summed E-state index contributed by atoms with van der Waals surface area (Å²) in [6, 6.07) is 10.4. The molecule has 0 saturated heterocycles. The number of benzene rings is 1. The van der Waals surface area contributed by atoms with Gasteiger partial charge in [-0.2, -0.15) is 0 Å². The lowest BCUT2D eigenvalue weighted by atomic mass is 10.00. The molecule has 7 nitrogen and oxygen atoms in total. The molecule has 2 amide bonds. The molecule has 3 N–H and O–H groups in total. The Morgan fingerprint density at radius 3 is 2.76 bits per heavy atom. The van der Waals surface area contributed by atoms with E-state index in [1.807, 2.05) is 39.0 Å². The van der Waals surface area contributed by atoms with E-state index in [1.54, 1.807) is 23.1 Å². The van der Waals surface area contributed by atoms with E-state index in [-0.39, 0.29) is 35.7 Å². The van der Waals surface area contributed by atoms with E-state index in [0.717, 1.165) is 5.69 Å². The van der Waals surface area contributed by atoms with Crippen LogP contribution in [-0.4, -0.2) is 34.4 Å². The van der Waals surface area contributed by atoms with Crippen LogP contribution < -0.4 is 16.0 Å². The number of carbonyl (C=O) groups excluding carboxylic acids is 2. The first-order chi connectivity index (χ1) is 15.7. The molecular weight excluding hydrogens is 421 g/mol. The van der Waals surface area contributed by atoms with Crippen molar-refractivity contribution in [1.29, 1.82) is 0 Å². The van der Waals surface area contributed by atoms with Gasteiger partial charge in [0.05, 0.1) is 12.0 Å². The lowest BCUT2D eigenvalue weighted by molar-refractivity contribution is -0.117. The fraction of sp³-hybridized carbons (Fsp3) is 0.280. The number of pyridine rings is 2. The Balaban J connectivity index is 1.62. The van der Waals surface area contributed by atoms with Gasteiger partial charge in [-0.15, -0.1) is 0 Å². The van der Waals surface area contributed by atoms with Crippen molar-refractivity contribution in [1.82, 2.24) is 15.3 Å². The summed E-state index contributed by atoms with van der Waals surface area (Å²) in [5, 5.41) is 2.77. The maximum Gasteiger partial charge on any atom is 0.255 e. The topological polar surface area (TPSA) is 101 Å². The molecule has 2 aromatic heterocycles. The van der Waals surface area contributed by atoms with Crippen LogP contribution in [-0.2, 0) is 17.6 Å². The lowest BCUT2D eigenvalue weighted by Gasteiger charge is -2.18. The van der Waals surface area contributed by atoms with Gasteiger partial charge in [0.1, 0.15) is 11.6 Å². The van der Waals surface area contributed by atoms with Crippen molar-refractivity contribution < 1.29 is 14.0 Å². The van der Waals surface area contributed by atoms with Gasteiger partial charge < -0.3 is 16.0 Å². The SMILES string of the molecule is Cc1cccc(CC(=O)N2CCc3c2ccc(-c2cnc(N)c(C(=O)NC(C)C)c2)c3F)n1. The summed E-state index contributed by atoms with van der Waals surface area (Å²) in [6.07, 6.45) is 2.01. The quantitative estimate of drug-likeness (QED) is 0.624. The first-order valence-electron chi connectivity index (χ1n) is 10.9. The minimum Gasteiger partial charge on any atom is -0.383 e. The number of amides is 2. The number of nitrogen functional groups attached to an aromatic ring is 1. The van der Waals surface area contributed by atoms with Crippen LogP contribution in [0.25, 0.3) is 11.1 Å². The van der Waals surface area contributed by atoms with Gasteiger partial charge in [-0.05, 0) is 57.5 Å². The third-order valence-corrected chi connectivity index (χ3v) is 5.57. The minimum absolute atomic E-state index is 0.0733. The molecule has 170 valence electrons. The van der Waals surface area contributed by atoms with E-state index >= 15 is 4.39 Å². The number of rotatable bonds is 5. The zero-order valence-corrected chi connectivity index (χ0v) is 18.9. The van der Waals surface area contributed by atoms with Gasteiger partial charge in [-0.3, -0.25) is 14.6 Å². The van der Waals surface area contributed by atoms with E-state index in [2.05, 4.69) is 15.3 Å². The molecule has 0 unspecified atom stereocenters. The Bertz CT molecular complexity index is 1240. The summed E-state index contributed by atoms with van der Waals surface area (Å²) in [4.78, 5) is 35.4. The molecule has 0 atom stereocenters. The van der Waals surface area contributed by atoms with E-state index in [0.29, 0.717) is 41.0 Å². The summed E-state index contributed by atoms with van der Waals surface area (Å²) in [7, 11) is 0. The predicted octanol–water partition coefficient (Wildman–Crippen LogP) is 3.44. The standard InChI is InChI=1S/C25H26FN5O2/c1-14(2)29-25(33)20-11-16(13-28-24(20)27)18-7-8-21-19(23(18)26)9-10-31(21)22(32)12-17-6-4-5-15(3)30-17/h4-8,11,13-14H,9-10,12H2,1-3H3,(H2,27,28)(H,29,33). The molecule has 0 fully saturated rings. The van der Waals surface area contributed by atoms with Gasteiger partial charge in [0, 0.05) is 52.5 Å². The average Bonchev–Trinajstić information content (AvgIpc) is 3.19. The Hall–Kier alpha value is -3.81. The van der Waals surface area contributed by atoms with Crippen LogP contribution >= 0.6 is 0 Å². The highest BCUT2D eigenvalue weighted by Crippen LogP contribution is 2.36.